The van der Waals surface area contributed by atoms with Crippen LogP contribution in [0.3, 0.4) is 0 Å². The van der Waals surface area contributed by atoms with E-state index in [1.54, 1.807) is 6.92 Å². The van der Waals surface area contributed by atoms with Crippen molar-refractivity contribution in [1.82, 2.24) is 0 Å². The van der Waals surface area contributed by atoms with Gasteiger partial charge in [0.05, 0.1) is 0 Å². The molecule has 0 amide bonds. The monoisotopic (exact) mass is 250 g/mol. The van der Waals surface area contributed by atoms with Crippen molar-refractivity contribution in [2.45, 2.75) is 6.92 Å². The van der Waals surface area contributed by atoms with Crippen LogP contribution in [0.5, 0.6) is 0 Å². The first kappa shape index (κ1) is 9.88. The smallest absolute Gasteiger partial charge is 0.204 e. The predicted octanol–water partition coefficient (Wildman–Crippen LogP) is 4.53. The van der Waals surface area contributed by atoms with E-state index in [0.717, 1.165) is 0 Å². The van der Waals surface area contributed by atoms with Crippen LogP contribution >= 0.6 is 51.6 Å². The zero-order chi connectivity index (χ0) is 8.65. The van der Waals surface area contributed by atoms with Crippen LogP contribution in [-0.2, 0) is 0 Å². The zero-order valence-corrected chi connectivity index (χ0v) is 9.27. The summed E-state index contributed by atoms with van der Waals surface area (Å²) in [5.41, 5.74) is 0.602. The van der Waals surface area contributed by atoms with Crippen molar-refractivity contribution in [3.05, 3.63) is 10.7 Å². The first-order valence-corrected chi connectivity index (χ1v) is 6.82. The molecule has 1 rings (SSSR count). The molecule has 1 aliphatic rings. The van der Waals surface area contributed by atoms with Crippen LogP contribution in [0.2, 0.25) is 0 Å². The Morgan fingerprint density at radius 3 is 2.27 bits per heavy atom. The van der Waals surface area contributed by atoms with Gasteiger partial charge in [0.25, 0.3) is 5.91 Å². The van der Waals surface area contributed by atoms with Gasteiger partial charge < -0.3 is 0 Å². The number of allylic oxidation sites excluding steroid dienone is 1. The lowest BCUT2D eigenvalue weighted by Crippen LogP contribution is -1.93. The van der Waals surface area contributed by atoms with Gasteiger partial charge in [-0.15, -0.1) is 0 Å². The topological polar surface area (TPSA) is 24.7 Å². The van der Waals surface area contributed by atoms with Crippen molar-refractivity contribution < 1.29 is 0 Å². The highest BCUT2D eigenvalue weighted by Gasteiger charge is 2.19. The normalized spacial score (nSPS) is 22.8. The van der Waals surface area contributed by atoms with E-state index in [0.29, 0.717) is 5.57 Å². The Morgan fingerprint density at radius 1 is 1.27 bits per heavy atom. The molecule has 0 aromatic carbocycles. The molecular formula is C4H3Cl4N2P. The van der Waals surface area contributed by atoms with Gasteiger partial charge in [-0.05, 0) is 29.4 Å². The fraction of sp³-hybridized carbons (Fsp3) is 0.250. The molecule has 0 saturated carbocycles. The molecule has 0 atom stereocenters. The summed E-state index contributed by atoms with van der Waals surface area (Å²) < 4.78 is 7.52. The Labute approximate surface area is 83.9 Å². The maximum absolute atomic E-state index is 5.65. The van der Waals surface area contributed by atoms with Crippen LogP contribution in [0, 0.1) is 0 Å². The molecule has 0 fully saturated rings. The molecule has 0 N–H and O–H groups in total. The molecule has 2 nitrogen and oxygen atoms in total. The Hall–Kier alpha value is 0.800. The molecule has 1 aliphatic heterocycles. The first-order valence-electron chi connectivity index (χ1n) is 2.56. The van der Waals surface area contributed by atoms with E-state index in [1.165, 1.54) is 0 Å². The Kier molecular flexibility index (Phi) is 2.94. The quantitative estimate of drug-likeness (QED) is 0.446. The van der Waals surface area contributed by atoms with Gasteiger partial charge in [0.15, 0.2) is 0 Å². The fourth-order valence-corrected chi connectivity index (χ4v) is 3.49. The minimum Gasteiger partial charge on any atom is -0.204 e. The Bertz CT molecular complexity index is 299. The second-order valence-corrected chi connectivity index (χ2v) is 7.24. The van der Waals surface area contributed by atoms with Gasteiger partial charge >= 0.3 is 0 Å². The number of rotatable bonds is 0. The highest BCUT2D eigenvalue weighted by atomic mass is 35.9. The maximum Gasteiger partial charge on any atom is 0.255 e. The average Bonchev–Trinajstić information content (AvgIpc) is 1.81. The fourth-order valence-electron chi connectivity index (χ4n) is 0.469. The largest absolute Gasteiger partial charge is 0.255 e. The van der Waals surface area contributed by atoms with Gasteiger partial charge in [0.1, 0.15) is 10.3 Å². The summed E-state index contributed by atoms with van der Waals surface area (Å²) in [4.78, 5) is 0. The number of hydrogen-bond acceptors (Lipinski definition) is 2. The minimum absolute atomic E-state index is 0.239. The molecule has 0 saturated heterocycles. The van der Waals surface area contributed by atoms with Crippen molar-refractivity contribution in [2.24, 2.45) is 9.51 Å². The Morgan fingerprint density at radius 2 is 1.82 bits per heavy atom. The molecule has 0 aromatic heterocycles. The van der Waals surface area contributed by atoms with Crippen LogP contribution in [-0.4, -0.2) is 5.17 Å². The molecule has 0 bridgehead atoms. The van der Waals surface area contributed by atoms with Crippen LogP contribution < -0.4 is 0 Å². The van der Waals surface area contributed by atoms with E-state index in [9.17, 15) is 0 Å². The lowest BCUT2D eigenvalue weighted by atomic mass is 10.4. The van der Waals surface area contributed by atoms with E-state index in [4.69, 9.17) is 45.7 Å². The van der Waals surface area contributed by atoms with Crippen LogP contribution in [0.1, 0.15) is 6.92 Å². The van der Waals surface area contributed by atoms with Gasteiger partial charge in [-0.25, -0.2) is 9.51 Å². The van der Waals surface area contributed by atoms with Crippen LogP contribution in [0.4, 0.5) is 0 Å². The molecule has 11 heavy (non-hydrogen) atoms. The second-order valence-electron chi connectivity index (χ2n) is 1.86. The summed E-state index contributed by atoms with van der Waals surface area (Å²) in [5, 5.41) is 0.478. The summed E-state index contributed by atoms with van der Waals surface area (Å²) >= 11 is 22.6. The Balaban J connectivity index is 3.28. The lowest BCUT2D eigenvalue weighted by molar-refractivity contribution is 1.42. The third-order valence-electron chi connectivity index (χ3n) is 1.04. The standard InChI is InChI=1S/C4H3Cl4N2P/c1-2-3(5)9-11(7,8)10-4(2)6/h1H3. The van der Waals surface area contributed by atoms with Crippen molar-refractivity contribution in [1.29, 1.82) is 0 Å². The third-order valence-corrected chi connectivity index (χ3v) is 3.80. The highest BCUT2D eigenvalue weighted by Crippen LogP contribution is 2.64. The summed E-state index contributed by atoms with van der Waals surface area (Å²) in [5.74, 6) is -2.65. The number of hydrogen-bond donors (Lipinski definition) is 0. The second kappa shape index (κ2) is 3.27. The summed E-state index contributed by atoms with van der Waals surface area (Å²) in [7, 11) is 0. The van der Waals surface area contributed by atoms with Gasteiger partial charge in [0.2, 0.25) is 0 Å². The molecule has 0 aromatic rings. The van der Waals surface area contributed by atoms with E-state index < -0.39 is 5.91 Å². The van der Waals surface area contributed by atoms with E-state index in [2.05, 4.69) is 9.51 Å². The SMILES string of the molecule is CC1=C(Cl)N=P(Cl)(Cl)N=C1Cl. The minimum atomic E-state index is -2.65. The van der Waals surface area contributed by atoms with Crippen molar-refractivity contribution in [3.8, 4) is 0 Å². The predicted molar refractivity (Wildman–Crippen MR) is 52.9 cm³/mol. The highest BCUT2D eigenvalue weighted by molar-refractivity contribution is 8.09. The first-order chi connectivity index (χ1) is 4.92. The maximum atomic E-state index is 5.65. The zero-order valence-electron chi connectivity index (χ0n) is 5.35. The summed E-state index contributed by atoms with van der Waals surface area (Å²) in [6.45, 7) is 1.70. The molecule has 62 valence electrons. The van der Waals surface area contributed by atoms with Crippen molar-refractivity contribution >= 4 is 56.8 Å². The molecule has 0 radical (unpaired) electrons. The van der Waals surface area contributed by atoms with Crippen LogP contribution in [0.25, 0.3) is 0 Å². The molecular weight excluding hydrogens is 249 g/mol. The van der Waals surface area contributed by atoms with Crippen LogP contribution in [0.15, 0.2) is 20.2 Å². The lowest BCUT2D eigenvalue weighted by Gasteiger charge is -2.10. The molecule has 1 heterocycles. The summed E-state index contributed by atoms with van der Waals surface area (Å²) in [6.07, 6.45) is 0. The number of nitrogens with zero attached hydrogens (tertiary/aromatic N) is 2. The van der Waals surface area contributed by atoms with Gasteiger partial charge in [0, 0.05) is 5.57 Å². The van der Waals surface area contributed by atoms with E-state index in [-0.39, 0.29) is 10.3 Å². The van der Waals surface area contributed by atoms with E-state index >= 15 is 0 Å². The van der Waals surface area contributed by atoms with Crippen molar-refractivity contribution in [3.63, 3.8) is 0 Å². The van der Waals surface area contributed by atoms with Gasteiger partial charge in [-0.1, -0.05) is 23.2 Å². The molecule has 0 spiro atoms. The molecule has 7 heteroatoms. The molecule has 0 aliphatic carbocycles. The average molecular weight is 252 g/mol. The third kappa shape index (κ3) is 2.37. The van der Waals surface area contributed by atoms with Gasteiger partial charge in [-0.3, -0.25) is 0 Å². The van der Waals surface area contributed by atoms with Gasteiger partial charge in [-0.2, -0.15) is 0 Å². The molecule has 0 unspecified atom stereocenters. The van der Waals surface area contributed by atoms with Crippen molar-refractivity contribution in [2.75, 3.05) is 0 Å². The van der Waals surface area contributed by atoms with E-state index in [1.807, 2.05) is 0 Å². The number of halogens is 4. The summed E-state index contributed by atoms with van der Waals surface area (Å²) in [6, 6.07) is 0.